The summed E-state index contributed by atoms with van der Waals surface area (Å²) < 4.78 is 27.9. The maximum atomic E-state index is 12.6. The lowest BCUT2D eigenvalue weighted by Crippen LogP contribution is -2.11. The van der Waals surface area contributed by atoms with E-state index in [9.17, 15) is 4.79 Å². The number of epoxide rings is 1. The number of rotatable bonds is 13. The van der Waals surface area contributed by atoms with E-state index in [1.807, 2.05) is 6.92 Å². The van der Waals surface area contributed by atoms with Gasteiger partial charge in [0.2, 0.25) is 0 Å². The largest absolute Gasteiger partial charge is 0.494 e. The molecule has 1 aliphatic heterocycles. The van der Waals surface area contributed by atoms with Gasteiger partial charge in [-0.15, -0.1) is 0 Å². The first kappa shape index (κ1) is 22.0. The van der Waals surface area contributed by atoms with E-state index in [2.05, 4.69) is 6.92 Å². The summed E-state index contributed by atoms with van der Waals surface area (Å²) in [5.74, 6) is 1.90. The Bertz CT molecular complexity index is 798. The normalized spacial score (nSPS) is 14.8. The summed E-state index contributed by atoms with van der Waals surface area (Å²) in [4.78, 5) is 12.6. The molecular weight excluding hydrogens is 384 g/mol. The van der Waals surface area contributed by atoms with Crippen LogP contribution in [0.5, 0.6) is 23.0 Å². The summed E-state index contributed by atoms with van der Waals surface area (Å²) in [6.45, 7) is 6.60. The van der Waals surface area contributed by atoms with Gasteiger partial charge in [0, 0.05) is 0 Å². The highest BCUT2D eigenvalue weighted by Crippen LogP contribution is 2.30. The molecule has 2 aromatic carbocycles. The van der Waals surface area contributed by atoms with Gasteiger partial charge >= 0.3 is 5.97 Å². The van der Waals surface area contributed by atoms with Gasteiger partial charge in [0.05, 0.1) is 25.4 Å². The fourth-order valence-electron chi connectivity index (χ4n) is 2.74. The predicted octanol–water partition coefficient (Wildman–Crippen LogP) is 5.04. The molecule has 1 saturated heterocycles. The summed E-state index contributed by atoms with van der Waals surface area (Å²) in [5, 5.41) is 0. The second-order valence-corrected chi connectivity index (χ2v) is 7.19. The standard InChI is InChI=1S/C24H30O6/c1-3-5-6-14-27-22-12-7-18(15-23(22)29-17-21-16-28-21)24(25)30-20-10-8-19(9-11-20)26-13-4-2/h7-12,15,21H,3-6,13-14,16-17H2,1-2H3. The van der Waals surface area contributed by atoms with Crippen LogP contribution in [-0.2, 0) is 4.74 Å². The van der Waals surface area contributed by atoms with Crippen molar-refractivity contribution >= 4 is 5.97 Å². The van der Waals surface area contributed by atoms with Crippen molar-refractivity contribution in [1.82, 2.24) is 0 Å². The van der Waals surface area contributed by atoms with Crippen molar-refractivity contribution in [3.8, 4) is 23.0 Å². The van der Waals surface area contributed by atoms with Crippen LogP contribution in [0.25, 0.3) is 0 Å². The van der Waals surface area contributed by atoms with Crippen LogP contribution < -0.4 is 18.9 Å². The number of ether oxygens (including phenoxy) is 5. The number of carbonyl (C=O) groups is 1. The maximum absolute atomic E-state index is 12.6. The molecule has 1 fully saturated rings. The predicted molar refractivity (Wildman–Crippen MR) is 114 cm³/mol. The zero-order chi connectivity index (χ0) is 21.2. The van der Waals surface area contributed by atoms with Crippen molar-refractivity contribution in [2.24, 2.45) is 0 Å². The number of benzene rings is 2. The average Bonchev–Trinajstić information content (AvgIpc) is 3.60. The molecule has 1 unspecified atom stereocenters. The van der Waals surface area contributed by atoms with Crippen molar-refractivity contribution in [3.05, 3.63) is 48.0 Å². The van der Waals surface area contributed by atoms with E-state index in [1.165, 1.54) is 0 Å². The minimum absolute atomic E-state index is 0.113. The van der Waals surface area contributed by atoms with Crippen LogP contribution in [0.15, 0.2) is 42.5 Å². The first-order valence-corrected chi connectivity index (χ1v) is 10.7. The van der Waals surface area contributed by atoms with Gasteiger partial charge in [-0.3, -0.25) is 0 Å². The van der Waals surface area contributed by atoms with E-state index in [-0.39, 0.29) is 6.10 Å². The van der Waals surface area contributed by atoms with E-state index in [4.69, 9.17) is 23.7 Å². The van der Waals surface area contributed by atoms with Crippen molar-refractivity contribution in [2.45, 2.75) is 45.6 Å². The Hall–Kier alpha value is -2.73. The third-order valence-corrected chi connectivity index (χ3v) is 4.52. The van der Waals surface area contributed by atoms with E-state index >= 15 is 0 Å². The molecule has 0 aliphatic carbocycles. The molecule has 0 amide bonds. The zero-order valence-corrected chi connectivity index (χ0v) is 17.7. The average molecular weight is 414 g/mol. The van der Waals surface area contributed by atoms with E-state index < -0.39 is 5.97 Å². The third-order valence-electron chi connectivity index (χ3n) is 4.52. The summed E-state index contributed by atoms with van der Waals surface area (Å²) in [7, 11) is 0. The highest BCUT2D eigenvalue weighted by molar-refractivity contribution is 5.91. The third kappa shape index (κ3) is 6.95. The molecule has 2 aromatic rings. The Morgan fingerprint density at radius 2 is 1.67 bits per heavy atom. The van der Waals surface area contributed by atoms with Gasteiger partial charge in [0.25, 0.3) is 0 Å². The van der Waals surface area contributed by atoms with Gasteiger partial charge in [-0.05, 0) is 55.3 Å². The Morgan fingerprint density at radius 3 is 2.37 bits per heavy atom. The fraction of sp³-hybridized carbons (Fsp3) is 0.458. The van der Waals surface area contributed by atoms with E-state index in [0.717, 1.165) is 31.4 Å². The van der Waals surface area contributed by atoms with Crippen molar-refractivity contribution in [2.75, 3.05) is 26.4 Å². The molecular formula is C24H30O6. The number of hydrogen-bond donors (Lipinski definition) is 0. The number of carbonyl (C=O) groups excluding carboxylic acids is 1. The Labute approximate surface area is 178 Å². The van der Waals surface area contributed by atoms with Crippen LogP contribution in [0.1, 0.15) is 49.9 Å². The molecule has 1 heterocycles. The number of hydrogen-bond acceptors (Lipinski definition) is 6. The lowest BCUT2D eigenvalue weighted by molar-refractivity contribution is 0.0734. The molecule has 1 atom stereocenters. The lowest BCUT2D eigenvalue weighted by atomic mass is 10.2. The van der Waals surface area contributed by atoms with E-state index in [0.29, 0.717) is 49.2 Å². The number of unbranched alkanes of at least 4 members (excludes halogenated alkanes) is 2. The Kier molecular flexibility index (Phi) is 8.39. The van der Waals surface area contributed by atoms with Crippen molar-refractivity contribution < 1.29 is 28.5 Å². The second kappa shape index (κ2) is 11.5. The van der Waals surface area contributed by atoms with Crippen LogP contribution in [0.3, 0.4) is 0 Å². The maximum Gasteiger partial charge on any atom is 0.343 e. The highest BCUT2D eigenvalue weighted by atomic mass is 16.6. The Morgan fingerprint density at radius 1 is 0.900 bits per heavy atom. The van der Waals surface area contributed by atoms with Crippen molar-refractivity contribution in [1.29, 1.82) is 0 Å². The highest BCUT2D eigenvalue weighted by Gasteiger charge is 2.24. The van der Waals surface area contributed by atoms with Gasteiger partial charge < -0.3 is 23.7 Å². The first-order chi connectivity index (χ1) is 14.7. The summed E-state index contributed by atoms with van der Waals surface area (Å²) in [6.07, 6.45) is 4.26. The molecule has 6 heteroatoms. The van der Waals surface area contributed by atoms with Gasteiger partial charge in [-0.25, -0.2) is 4.79 Å². The van der Waals surface area contributed by atoms with Crippen LogP contribution in [0.2, 0.25) is 0 Å². The molecule has 6 nitrogen and oxygen atoms in total. The topological polar surface area (TPSA) is 66.5 Å². The minimum atomic E-state index is -0.456. The molecule has 0 spiro atoms. The van der Waals surface area contributed by atoms with Crippen molar-refractivity contribution in [3.63, 3.8) is 0 Å². The molecule has 30 heavy (non-hydrogen) atoms. The van der Waals surface area contributed by atoms with E-state index in [1.54, 1.807) is 42.5 Å². The SMILES string of the molecule is CCCCCOc1ccc(C(=O)Oc2ccc(OCCC)cc2)cc1OCC1CO1. The summed E-state index contributed by atoms with van der Waals surface area (Å²) in [5.41, 5.74) is 0.397. The molecule has 1 aliphatic rings. The molecule has 0 radical (unpaired) electrons. The Balaban J connectivity index is 1.64. The zero-order valence-electron chi connectivity index (χ0n) is 17.7. The molecule has 0 aromatic heterocycles. The number of esters is 1. The first-order valence-electron chi connectivity index (χ1n) is 10.7. The molecule has 0 saturated carbocycles. The van der Waals surface area contributed by atoms with Crippen LogP contribution in [0, 0.1) is 0 Å². The second-order valence-electron chi connectivity index (χ2n) is 7.19. The lowest BCUT2D eigenvalue weighted by Gasteiger charge is -2.14. The van der Waals surface area contributed by atoms with Gasteiger partial charge in [0.1, 0.15) is 24.2 Å². The monoisotopic (exact) mass is 414 g/mol. The smallest absolute Gasteiger partial charge is 0.343 e. The fourth-order valence-corrected chi connectivity index (χ4v) is 2.74. The molecule has 3 rings (SSSR count). The van der Waals surface area contributed by atoms with Crippen LogP contribution in [-0.4, -0.2) is 38.5 Å². The van der Waals surface area contributed by atoms with Gasteiger partial charge in [-0.1, -0.05) is 26.7 Å². The van der Waals surface area contributed by atoms with Gasteiger partial charge in [0.15, 0.2) is 11.5 Å². The summed E-state index contributed by atoms with van der Waals surface area (Å²) in [6, 6.07) is 12.1. The van der Waals surface area contributed by atoms with Crippen LogP contribution >= 0.6 is 0 Å². The molecule has 162 valence electrons. The molecule has 0 bridgehead atoms. The van der Waals surface area contributed by atoms with Crippen LogP contribution in [0.4, 0.5) is 0 Å². The minimum Gasteiger partial charge on any atom is -0.494 e. The quantitative estimate of drug-likeness (QED) is 0.198. The van der Waals surface area contributed by atoms with Gasteiger partial charge in [-0.2, -0.15) is 0 Å². The molecule has 0 N–H and O–H groups in total. The summed E-state index contributed by atoms with van der Waals surface area (Å²) >= 11 is 0.